The molecule has 0 aromatic carbocycles. The zero-order valence-corrected chi connectivity index (χ0v) is 10.7. The third-order valence-corrected chi connectivity index (χ3v) is 4.18. The molecule has 0 aromatic rings. The van der Waals surface area contributed by atoms with Crippen molar-refractivity contribution in [3.63, 3.8) is 0 Å². The van der Waals surface area contributed by atoms with Gasteiger partial charge in [-0.1, -0.05) is 20.4 Å². The molecule has 2 aliphatic rings. The first kappa shape index (κ1) is 11.0. The van der Waals surface area contributed by atoms with E-state index in [1.807, 2.05) is 0 Å². The summed E-state index contributed by atoms with van der Waals surface area (Å²) in [6, 6.07) is 0.620. The zero-order chi connectivity index (χ0) is 11.2. The zero-order valence-electron chi connectivity index (χ0n) is 10.7. The Morgan fingerprint density at radius 2 is 1.93 bits per heavy atom. The highest BCUT2D eigenvalue weighted by atomic mass is 15.2. The van der Waals surface area contributed by atoms with Crippen LogP contribution in [-0.4, -0.2) is 17.5 Å². The van der Waals surface area contributed by atoms with Gasteiger partial charge in [-0.2, -0.15) is 0 Å². The van der Waals surface area contributed by atoms with E-state index in [4.69, 9.17) is 0 Å². The van der Waals surface area contributed by atoms with Crippen LogP contribution in [0.15, 0.2) is 12.3 Å². The Kier molecular flexibility index (Phi) is 2.60. The molecular weight excluding hydrogens is 182 g/mol. The monoisotopic (exact) mass is 207 g/mol. The lowest BCUT2D eigenvalue weighted by atomic mass is 10.1. The highest BCUT2D eigenvalue weighted by Gasteiger charge is 2.47. The van der Waals surface area contributed by atoms with Crippen molar-refractivity contribution in [3.05, 3.63) is 12.3 Å². The van der Waals surface area contributed by atoms with Crippen LogP contribution in [0.4, 0.5) is 0 Å². The molecule has 0 aromatic heterocycles. The minimum Gasteiger partial charge on any atom is -0.372 e. The highest BCUT2D eigenvalue weighted by molar-refractivity contribution is 5.10. The molecule has 0 N–H and O–H groups in total. The van der Waals surface area contributed by atoms with Crippen LogP contribution >= 0.6 is 0 Å². The van der Waals surface area contributed by atoms with Crippen LogP contribution in [0.3, 0.4) is 0 Å². The quantitative estimate of drug-likeness (QED) is 0.665. The summed E-state index contributed by atoms with van der Waals surface area (Å²) >= 11 is 0. The topological polar surface area (TPSA) is 3.24 Å². The molecule has 0 aliphatic heterocycles. The fourth-order valence-corrected chi connectivity index (χ4v) is 2.44. The van der Waals surface area contributed by atoms with Gasteiger partial charge in [0.2, 0.25) is 0 Å². The standard InChI is InChI=1S/C14H25N/c1-10(2)15(11(3)12-6-7-12)9-13-8-14(13,4)5/h10,12-13H,3,6-9H2,1-2,4-5H3. The van der Waals surface area contributed by atoms with Crippen LogP contribution in [0.25, 0.3) is 0 Å². The average Bonchev–Trinajstić information content (AvgIpc) is 2.97. The van der Waals surface area contributed by atoms with E-state index in [0.29, 0.717) is 11.5 Å². The van der Waals surface area contributed by atoms with Gasteiger partial charge in [-0.25, -0.2) is 0 Å². The van der Waals surface area contributed by atoms with Crippen molar-refractivity contribution in [2.75, 3.05) is 6.54 Å². The van der Waals surface area contributed by atoms with Crippen molar-refractivity contribution in [1.82, 2.24) is 4.90 Å². The van der Waals surface area contributed by atoms with Gasteiger partial charge in [-0.05, 0) is 50.4 Å². The van der Waals surface area contributed by atoms with Gasteiger partial charge in [-0.15, -0.1) is 0 Å². The third kappa shape index (κ3) is 2.38. The molecule has 1 heteroatoms. The third-order valence-electron chi connectivity index (χ3n) is 4.18. The van der Waals surface area contributed by atoms with E-state index in [-0.39, 0.29) is 0 Å². The molecule has 1 nitrogen and oxygen atoms in total. The first-order valence-electron chi connectivity index (χ1n) is 6.37. The van der Waals surface area contributed by atoms with Crippen molar-refractivity contribution in [2.45, 2.75) is 53.0 Å². The van der Waals surface area contributed by atoms with Gasteiger partial charge in [0.15, 0.2) is 0 Å². The van der Waals surface area contributed by atoms with E-state index in [1.54, 1.807) is 0 Å². The second kappa shape index (κ2) is 3.54. The molecule has 0 amide bonds. The summed E-state index contributed by atoms with van der Waals surface area (Å²) in [6.45, 7) is 14.9. The Labute approximate surface area is 94.5 Å². The largest absolute Gasteiger partial charge is 0.372 e. The summed E-state index contributed by atoms with van der Waals surface area (Å²) in [5, 5.41) is 0. The Bertz CT molecular complexity index is 261. The van der Waals surface area contributed by atoms with E-state index in [2.05, 4.69) is 39.2 Å². The molecule has 15 heavy (non-hydrogen) atoms. The molecule has 0 saturated heterocycles. The fourth-order valence-electron chi connectivity index (χ4n) is 2.44. The Morgan fingerprint density at radius 1 is 1.40 bits per heavy atom. The van der Waals surface area contributed by atoms with E-state index in [9.17, 15) is 0 Å². The summed E-state index contributed by atoms with van der Waals surface area (Å²) in [7, 11) is 0. The van der Waals surface area contributed by atoms with Gasteiger partial charge in [0.05, 0.1) is 0 Å². The first-order valence-corrected chi connectivity index (χ1v) is 6.37. The summed E-state index contributed by atoms with van der Waals surface area (Å²) in [5.41, 5.74) is 2.00. The second-order valence-corrected chi connectivity index (χ2v) is 6.40. The Hall–Kier alpha value is -0.460. The van der Waals surface area contributed by atoms with E-state index in [0.717, 1.165) is 11.8 Å². The molecular formula is C14H25N. The van der Waals surface area contributed by atoms with Crippen molar-refractivity contribution < 1.29 is 0 Å². The summed E-state index contributed by atoms with van der Waals surface area (Å²) < 4.78 is 0. The fraction of sp³-hybridized carbons (Fsp3) is 0.857. The maximum atomic E-state index is 4.29. The molecule has 1 atom stereocenters. The molecule has 2 aliphatic carbocycles. The van der Waals surface area contributed by atoms with E-state index < -0.39 is 0 Å². The first-order chi connectivity index (χ1) is 6.92. The number of allylic oxidation sites excluding steroid dienone is 1. The number of nitrogens with zero attached hydrogens (tertiary/aromatic N) is 1. The van der Waals surface area contributed by atoms with Gasteiger partial charge in [0.25, 0.3) is 0 Å². The molecule has 0 spiro atoms. The van der Waals surface area contributed by atoms with Gasteiger partial charge in [0.1, 0.15) is 0 Å². The van der Waals surface area contributed by atoms with Crippen LogP contribution in [0.2, 0.25) is 0 Å². The van der Waals surface area contributed by atoms with Crippen molar-refractivity contribution in [1.29, 1.82) is 0 Å². The number of hydrogen-bond acceptors (Lipinski definition) is 1. The van der Waals surface area contributed by atoms with Crippen LogP contribution in [0.1, 0.15) is 47.0 Å². The summed E-state index contributed by atoms with van der Waals surface area (Å²) in [6.07, 6.45) is 4.14. The SMILES string of the molecule is C=C(C1CC1)N(CC1CC1(C)C)C(C)C. The van der Waals surface area contributed by atoms with E-state index >= 15 is 0 Å². The molecule has 2 saturated carbocycles. The second-order valence-electron chi connectivity index (χ2n) is 6.40. The summed E-state index contributed by atoms with van der Waals surface area (Å²) in [4.78, 5) is 2.55. The molecule has 1 unspecified atom stereocenters. The lowest BCUT2D eigenvalue weighted by Gasteiger charge is -2.31. The van der Waals surface area contributed by atoms with Crippen molar-refractivity contribution in [3.8, 4) is 0 Å². The predicted octanol–water partition coefficient (Wildman–Crippen LogP) is 3.67. The minimum atomic E-state index is 0.594. The predicted molar refractivity (Wildman–Crippen MR) is 65.6 cm³/mol. The van der Waals surface area contributed by atoms with Crippen LogP contribution in [0, 0.1) is 17.3 Å². The van der Waals surface area contributed by atoms with Crippen LogP contribution < -0.4 is 0 Å². The molecule has 2 rings (SSSR count). The smallest absolute Gasteiger partial charge is 0.0230 e. The molecule has 2 fully saturated rings. The minimum absolute atomic E-state index is 0.594. The lowest BCUT2D eigenvalue weighted by molar-refractivity contribution is 0.249. The van der Waals surface area contributed by atoms with Crippen LogP contribution in [-0.2, 0) is 0 Å². The number of hydrogen-bond donors (Lipinski definition) is 0. The Balaban J connectivity index is 1.92. The molecule has 0 heterocycles. The van der Waals surface area contributed by atoms with Gasteiger partial charge in [-0.3, -0.25) is 0 Å². The highest BCUT2D eigenvalue weighted by Crippen LogP contribution is 2.52. The average molecular weight is 207 g/mol. The molecule has 0 bridgehead atoms. The van der Waals surface area contributed by atoms with Crippen LogP contribution in [0.5, 0.6) is 0 Å². The molecule has 0 radical (unpaired) electrons. The Morgan fingerprint density at radius 3 is 2.27 bits per heavy atom. The van der Waals surface area contributed by atoms with Crippen molar-refractivity contribution in [2.24, 2.45) is 17.3 Å². The van der Waals surface area contributed by atoms with Gasteiger partial charge < -0.3 is 4.90 Å². The maximum Gasteiger partial charge on any atom is 0.0230 e. The number of rotatable bonds is 5. The lowest BCUT2D eigenvalue weighted by Crippen LogP contribution is -2.33. The van der Waals surface area contributed by atoms with Crippen molar-refractivity contribution >= 4 is 0 Å². The molecule has 86 valence electrons. The normalized spacial score (nSPS) is 27.9. The van der Waals surface area contributed by atoms with E-state index in [1.165, 1.54) is 31.5 Å². The summed E-state index contributed by atoms with van der Waals surface area (Å²) in [5.74, 6) is 1.71. The van der Waals surface area contributed by atoms with Gasteiger partial charge >= 0.3 is 0 Å². The van der Waals surface area contributed by atoms with Gasteiger partial charge in [0, 0.05) is 18.3 Å². The maximum absolute atomic E-state index is 4.29.